The topological polar surface area (TPSA) is 110 Å². The lowest BCUT2D eigenvalue weighted by atomic mass is 10.0. The van der Waals surface area contributed by atoms with Gasteiger partial charge < -0.3 is 33.3 Å². The summed E-state index contributed by atoms with van der Waals surface area (Å²) in [6.45, 7) is 14.0. The highest BCUT2D eigenvalue weighted by Gasteiger charge is 2.16. The molecule has 0 saturated heterocycles. The van der Waals surface area contributed by atoms with Gasteiger partial charge in [0.2, 0.25) is 0 Å². The van der Waals surface area contributed by atoms with Crippen LogP contribution in [0.5, 0.6) is 0 Å². The molecule has 62 heavy (non-hydrogen) atoms. The molecule has 10 heteroatoms. The maximum absolute atomic E-state index is 13.1. The summed E-state index contributed by atoms with van der Waals surface area (Å²) in [5, 5.41) is 0. The summed E-state index contributed by atoms with van der Waals surface area (Å²) in [6.07, 6.45) is 36.8. The van der Waals surface area contributed by atoms with E-state index in [4.69, 9.17) is 28.4 Å². The highest BCUT2D eigenvalue weighted by atomic mass is 16.6. The number of rotatable bonds is 50. The molecule has 0 spiro atoms. The largest absolute Gasteiger partial charge is 0.466 e. The zero-order valence-corrected chi connectivity index (χ0v) is 41.3. The molecule has 0 fully saturated rings. The van der Waals surface area contributed by atoms with E-state index in [2.05, 4.69) is 27.7 Å². The van der Waals surface area contributed by atoms with Gasteiger partial charge in [-0.1, -0.05) is 169 Å². The molecule has 0 aromatic carbocycles. The number of nitrogens with zero attached hydrogens (tertiary/aromatic N) is 1. The van der Waals surface area contributed by atoms with Crippen molar-refractivity contribution in [2.75, 3.05) is 65.9 Å². The van der Waals surface area contributed by atoms with E-state index in [-0.39, 0.29) is 30.7 Å². The fraction of sp³-hybridized carbons (Fsp3) is 0.942. The number of amides is 1. The predicted molar refractivity (Wildman–Crippen MR) is 256 cm³/mol. The molecule has 0 bridgehead atoms. The highest BCUT2D eigenvalue weighted by molar-refractivity contribution is 5.69. The normalized spacial score (nSPS) is 11.4. The molecule has 0 N–H and O–H groups in total. The first kappa shape index (κ1) is 60.1. The average Bonchev–Trinajstić information content (AvgIpc) is 3.27. The summed E-state index contributed by atoms with van der Waals surface area (Å²) < 4.78 is 33.6. The average molecular weight is 884 g/mol. The number of hydrogen-bond acceptors (Lipinski definition) is 9. The van der Waals surface area contributed by atoms with E-state index in [1.807, 2.05) is 4.90 Å². The molecule has 0 heterocycles. The van der Waals surface area contributed by atoms with E-state index in [9.17, 15) is 14.4 Å². The van der Waals surface area contributed by atoms with Crippen LogP contribution in [-0.4, -0.2) is 95.0 Å². The van der Waals surface area contributed by atoms with Crippen LogP contribution in [0.2, 0.25) is 0 Å². The van der Waals surface area contributed by atoms with Gasteiger partial charge >= 0.3 is 18.0 Å². The molecule has 0 atom stereocenters. The Morgan fingerprint density at radius 3 is 1.23 bits per heavy atom. The van der Waals surface area contributed by atoms with Crippen molar-refractivity contribution in [1.29, 1.82) is 0 Å². The van der Waals surface area contributed by atoms with Crippen molar-refractivity contribution in [3.05, 3.63) is 0 Å². The summed E-state index contributed by atoms with van der Waals surface area (Å²) in [5.41, 5.74) is 0. The maximum Gasteiger partial charge on any atom is 0.409 e. The SMILES string of the molecule is CCCCCCCCCOC(=O)CCCCCCCN(CCCCCCCC(=O)OC(CCCCCCCC)CCCCCCCC)C(=O)OCCOCCOCCOCCC. The Hall–Kier alpha value is -1.91. The smallest absolute Gasteiger partial charge is 0.409 e. The third kappa shape index (κ3) is 44.7. The van der Waals surface area contributed by atoms with E-state index < -0.39 is 0 Å². The summed E-state index contributed by atoms with van der Waals surface area (Å²) in [7, 11) is 0. The second-order valence-electron chi connectivity index (χ2n) is 17.5. The van der Waals surface area contributed by atoms with Crippen LogP contribution in [0.1, 0.15) is 246 Å². The molecular formula is C52H101NO9. The molecule has 0 aromatic heterocycles. The Kier molecular flexibility index (Phi) is 48.6. The van der Waals surface area contributed by atoms with Gasteiger partial charge in [-0.3, -0.25) is 9.59 Å². The molecule has 0 unspecified atom stereocenters. The van der Waals surface area contributed by atoms with Gasteiger partial charge in [0.15, 0.2) is 0 Å². The van der Waals surface area contributed by atoms with Gasteiger partial charge in [0, 0.05) is 32.5 Å². The summed E-state index contributed by atoms with van der Waals surface area (Å²) >= 11 is 0. The Labute approximate surface area is 382 Å². The van der Waals surface area contributed by atoms with Crippen molar-refractivity contribution in [1.82, 2.24) is 4.90 Å². The number of hydrogen-bond donors (Lipinski definition) is 0. The van der Waals surface area contributed by atoms with Crippen LogP contribution >= 0.6 is 0 Å². The van der Waals surface area contributed by atoms with Crippen LogP contribution in [-0.2, 0) is 38.0 Å². The molecule has 0 aliphatic carbocycles. The molecule has 0 saturated carbocycles. The lowest BCUT2D eigenvalue weighted by Crippen LogP contribution is -2.34. The highest BCUT2D eigenvalue weighted by Crippen LogP contribution is 2.19. The minimum absolute atomic E-state index is 0.0341. The summed E-state index contributed by atoms with van der Waals surface area (Å²) in [4.78, 5) is 40.0. The Balaban J connectivity index is 4.55. The van der Waals surface area contributed by atoms with Crippen molar-refractivity contribution in [2.45, 2.75) is 252 Å². The first-order chi connectivity index (χ1) is 30.5. The Morgan fingerprint density at radius 2 is 0.742 bits per heavy atom. The predicted octanol–water partition coefficient (Wildman–Crippen LogP) is 14.3. The quantitative estimate of drug-likeness (QED) is 0.0335. The van der Waals surface area contributed by atoms with E-state index in [1.165, 1.54) is 96.3 Å². The van der Waals surface area contributed by atoms with Crippen molar-refractivity contribution in [3.63, 3.8) is 0 Å². The summed E-state index contributed by atoms with van der Waals surface area (Å²) in [6, 6.07) is 0. The van der Waals surface area contributed by atoms with Crippen LogP contribution in [0.4, 0.5) is 4.79 Å². The van der Waals surface area contributed by atoms with Crippen molar-refractivity contribution >= 4 is 18.0 Å². The molecule has 10 nitrogen and oxygen atoms in total. The van der Waals surface area contributed by atoms with Gasteiger partial charge in [0.25, 0.3) is 0 Å². The Morgan fingerprint density at radius 1 is 0.355 bits per heavy atom. The lowest BCUT2D eigenvalue weighted by Gasteiger charge is -2.22. The number of esters is 2. The molecule has 0 rings (SSSR count). The van der Waals surface area contributed by atoms with Gasteiger partial charge in [-0.2, -0.15) is 0 Å². The fourth-order valence-corrected chi connectivity index (χ4v) is 7.59. The third-order valence-corrected chi connectivity index (χ3v) is 11.5. The first-order valence-electron chi connectivity index (χ1n) is 26.5. The van der Waals surface area contributed by atoms with Crippen molar-refractivity contribution in [3.8, 4) is 0 Å². The van der Waals surface area contributed by atoms with Gasteiger partial charge in [0.1, 0.15) is 12.7 Å². The number of ether oxygens (including phenoxy) is 6. The fourth-order valence-electron chi connectivity index (χ4n) is 7.59. The van der Waals surface area contributed by atoms with Gasteiger partial charge in [-0.15, -0.1) is 0 Å². The molecule has 0 radical (unpaired) electrons. The molecule has 0 aliphatic rings. The maximum atomic E-state index is 13.1. The van der Waals surface area contributed by atoms with Gasteiger partial charge in [0.05, 0.1) is 39.6 Å². The minimum Gasteiger partial charge on any atom is -0.466 e. The van der Waals surface area contributed by atoms with E-state index in [0.717, 1.165) is 116 Å². The summed E-state index contributed by atoms with van der Waals surface area (Å²) in [5.74, 6) is -0.113. The van der Waals surface area contributed by atoms with Crippen LogP contribution in [0, 0.1) is 0 Å². The molecule has 0 aromatic rings. The molecule has 0 aliphatic heterocycles. The number of carbonyl (C=O) groups is 3. The first-order valence-corrected chi connectivity index (χ1v) is 26.5. The Bertz CT molecular complexity index is 935. The zero-order chi connectivity index (χ0) is 45.2. The van der Waals surface area contributed by atoms with Crippen LogP contribution in [0.3, 0.4) is 0 Å². The molecule has 1 amide bonds. The zero-order valence-electron chi connectivity index (χ0n) is 41.3. The monoisotopic (exact) mass is 884 g/mol. The second-order valence-corrected chi connectivity index (χ2v) is 17.5. The van der Waals surface area contributed by atoms with E-state index >= 15 is 0 Å². The number of unbranched alkanes of at least 4 members (excludes halogenated alkanes) is 24. The van der Waals surface area contributed by atoms with E-state index in [1.54, 1.807) is 0 Å². The van der Waals surface area contributed by atoms with Gasteiger partial charge in [-0.05, 0) is 64.2 Å². The molecule has 368 valence electrons. The van der Waals surface area contributed by atoms with Crippen molar-refractivity contribution < 1.29 is 42.8 Å². The van der Waals surface area contributed by atoms with Crippen LogP contribution < -0.4 is 0 Å². The van der Waals surface area contributed by atoms with E-state index in [0.29, 0.717) is 65.6 Å². The number of carbonyl (C=O) groups excluding carboxylic acids is 3. The lowest BCUT2D eigenvalue weighted by molar-refractivity contribution is -0.150. The minimum atomic E-state index is -0.291. The molecular weight excluding hydrogens is 783 g/mol. The second kappa shape index (κ2) is 50.1. The van der Waals surface area contributed by atoms with Crippen LogP contribution in [0.25, 0.3) is 0 Å². The van der Waals surface area contributed by atoms with Crippen molar-refractivity contribution in [2.24, 2.45) is 0 Å². The van der Waals surface area contributed by atoms with Gasteiger partial charge in [-0.25, -0.2) is 4.79 Å². The third-order valence-electron chi connectivity index (χ3n) is 11.5. The van der Waals surface area contributed by atoms with Crippen LogP contribution in [0.15, 0.2) is 0 Å². The standard InChI is InChI=1S/C52H101NO9/c1-5-9-12-15-18-27-34-42-60-50(54)37-30-23-19-25-32-39-53(52(56)61-48-47-59-46-45-58-44-43-57-41-8-4)40-33-26-20-24-31-38-51(55)62-49(35-28-21-16-13-10-6-2)36-29-22-17-14-11-7-3/h49H,5-48H2,1-4H3.